The van der Waals surface area contributed by atoms with Crippen molar-refractivity contribution in [1.29, 1.82) is 0 Å². The summed E-state index contributed by atoms with van der Waals surface area (Å²) in [7, 11) is 0. The van der Waals surface area contributed by atoms with Gasteiger partial charge >= 0.3 is 0 Å². The third-order valence-corrected chi connectivity index (χ3v) is 4.17. The largest absolute Gasteiger partial charge is 0.486 e. The lowest BCUT2D eigenvalue weighted by molar-refractivity contribution is 0.167. The van der Waals surface area contributed by atoms with Crippen molar-refractivity contribution in [3.63, 3.8) is 0 Å². The van der Waals surface area contributed by atoms with Crippen LogP contribution in [0.3, 0.4) is 0 Å². The third-order valence-electron chi connectivity index (χ3n) is 3.84. The summed E-state index contributed by atoms with van der Waals surface area (Å²) in [6.07, 6.45) is 4.48. The van der Waals surface area contributed by atoms with Crippen molar-refractivity contribution in [2.45, 2.75) is 38.6 Å². The number of fused-ring (bicyclic) bond motifs is 3. The molecule has 3 rings (SSSR count). The molecular weight excluding hydrogens is 262 g/mol. The van der Waals surface area contributed by atoms with Crippen molar-refractivity contribution < 1.29 is 9.47 Å². The van der Waals surface area contributed by atoms with Crippen molar-refractivity contribution in [3.05, 3.63) is 22.2 Å². The normalized spacial score (nSPS) is 21.1. The second kappa shape index (κ2) is 5.59. The van der Waals surface area contributed by atoms with E-state index in [0.717, 1.165) is 42.3 Å². The summed E-state index contributed by atoms with van der Waals surface area (Å²) in [6, 6.07) is 2.26. The first-order valence-corrected chi connectivity index (χ1v) is 7.53. The number of rotatable bonds is 3. The molecule has 19 heavy (non-hydrogen) atoms. The zero-order valence-corrected chi connectivity index (χ0v) is 12.1. The van der Waals surface area contributed by atoms with Gasteiger partial charge in [0.1, 0.15) is 13.2 Å². The molecule has 0 saturated heterocycles. The second-order valence-electron chi connectivity index (χ2n) is 5.17. The average Bonchev–Trinajstić information content (AvgIpc) is 2.45. The van der Waals surface area contributed by atoms with Gasteiger partial charge in [0, 0.05) is 22.7 Å². The van der Waals surface area contributed by atoms with Crippen LogP contribution in [0.25, 0.3) is 0 Å². The van der Waals surface area contributed by atoms with Crippen LogP contribution in [0, 0.1) is 0 Å². The van der Waals surface area contributed by atoms with Gasteiger partial charge in [0.05, 0.1) is 0 Å². The second-order valence-corrected chi connectivity index (χ2v) is 5.58. The lowest BCUT2D eigenvalue weighted by Gasteiger charge is -2.32. The van der Waals surface area contributed by atoms with E-state index in [1.54, 1.807) is 0 Å². The maximum absolute atomic E-state index is 6.42. The Bertz CT molecular complexity index is 476. The molecule has 1 unspecified atom stereocenters. The molecule has 1 N–H and O–H groups in total. The highest BCUT2D eigenvalue weighted by molar-refractivity contribution is 6.31. The zero-order valence-electron chi connectivity index (χ0n) is 11.3. The molecule has 0 spiro atoms. The molecule has 0 saturated carbocycles. The van der Waals surface area contributed by atoms with Gasteiger partial charge in [-0.15, -0.1) is 0 Å². The molecule has 3 nitrogen and oxygen atoms in total. The van der Waals surface area contributed by atoms with Gasteiger partial charge in [-0.3, -0.25) is 0 Å². The third kappa shape index (κ3) is 2.41. The summed E-state index contributed by atoms with van der Waals surface area (Å²) >= 11 is 6.42. The van der Waals surface area contributed by atoms with Crippen LogP contribution in [0.2, 0.25) is 5.02 Å². The zero-order chi connectivity index (χ0) is 13.2. The van der Waals surface area contributed by atoms with Crippen molar-refractivity contribution in [2.75, 3.05) is 19.8 Å². The summed E-state index contributed by atoms with van der Waals surface area (Å²) in [5, 5.41) is 4.43. The molecule has 1 aromatic rings. The maximum atomic E-state index is 6.42. The van der Waals surface area contributed by atoms with E-state index >= 15 is 0 Å². The van der Waals surface area contributed by atoms with Crippen molar-refractivity contribution in [2.24, 2.45) is 0 Å². The smallest absolute Gasteiger partial charge is 0.166 e. The molecule has 4 heteroatoms. The summed E-state index contributed by atoms with van der Waals surface area (Å²) in [5.41, 5.74) is 2.48. The van der Waals surface area contributed by atoms with Crippen LogP contribution in [0.15, 0.2) is 6.07 Å². The molecule has 1 aliphatic heterocycles. The maximum Gasteiger partial charge on any atom is 0.166 e. The standard InChI is InChI=1S/C15H20ClNO2/c1-2-6-17-12-5-3-4-10-11(16)9-13-15(14(10)12)19-8-7-18-13/h9,12,17H,2-8H2,1H3. The van der Waals surface area contributed by atoms with Crippen LogP contribution in [0.5, 0.6) is 11.5 Å². The van der Waals surface area contributed by atoms with E-state index in [2.05, 4.69) is 12.2 Å². The molecule has 2 aliphatic rings. The molecule has 1 heterocycles. The van der Waals surface area contributed by atoms with Crippen molar-refractivity contribution in [3.8, 4) is 11.5 Å². The lowest BCUT2D eigenvalue weighted by Crippen LogP contribution is -2.28. The Labute approximate surface area is 119 Å². The first-order valence-electron chi connectivity index (χ1n) is 7.15. The Morgan fingerprint density at radius 1 is 1.37 bits per heavy atom. The number of nitrogens with one attached hydrogen (secondary N) is 1. The van der Waals surface area contributed by atoms with E-state index in [9.17, 15) is 0 Å². The predicted octanol–water partition coefficient (Wildman–Crippen LogP) is 3.49. The fraction of sp³-hybridized carbons (Fsp3) is 0.600. The Morgan fingerprint density at radius 2 is 2.21 bits per heavy atom. The van der Waals surface area contributed by atoms with Gasteiger partial charge in [-0.2, -0.15) is 0 Å². The fourth-order valence-corrected chi connectivity index (χ4v) is 3.29. The molecule has 0 aromatic heterocycles. The quantitative estimate of drug-likeness (QED) is 0.920. The lowest BCUT2D eigenvalue weighted by atomic mass is 9.86. The highest BCUT2D eigenvalue weighted by atomic mass is 35.5. The van der Waals surface area contributed by atoms with Crippen LogP contribution in [-0.2, 0) is 6.42 Å². The minimum atomic E-state index is 0.345. The summed E-state index contributed by atoms with van der Waals surface area (Å²) < 4.78 is 11.5. The van der Waals surface area contributed by atoms with Crippen LogP contribution >= 0.6 is 11.6 Å². The highest BCUT2D eigenvalue weighted by Crippen LogP contribution is 2.46. The summed E-state index contributed by atoms with van der Waals surface area (Å²) in [5.74, 6) is 1.72. The molecular formula is C15H20ClNO2. The van der Waals surface area contributed by atoms with E-state index in [0.29, 0.717) is 19.3 Å². The van der Waals surface area contributed by atoms with Crippen LogP contribution in [0.4, 0.5) is 0 Å². The topological polar surface area (TPSA) is 30.5 Å². The molecule has 1 aromatic carbocycles. The molecule has 1 atom stereocenters. The Hall–Kier alpha value is -0.930. The molecule has 1 aliphatic carbocycles. The number of halogens is 1. The average molecular weight is 282 g/mol. The van der Waals surface area contributed by atoms with Crippen LogP contribution in [0.1, 0.15) is 43.4 Å². The van der Waals surface area contributed by atoms with Crippen molar-refractivity contribution >= 4 is 11.6 Å². The van der Waals surface area contributed by atoms with Gasteiger partial charge in [0.15, 0.2) is 11.5 Å². The molecule has 104 valence electrons. The number of benzene rings is 1. The van der Waals surface area contributed by atoms with Gasteiger partial charge < -0.3 is 14.8 Å². The summed E-state index contributed by atoms with van der Waals surface area (Å²) in [4.78, 5) is 0. The Balaban J connectivity index is 2.04. The van der Waals surface area contributed by atoms with Gasteiger partial charge in [-0.05, 0) is 37.8 Å². The fourth-order valence-electron chi connectivity index (χ4n) is 2.99. The number of ether oxygens (including phenoxy) is 2. The molecule has 0 fully saturated rings. The number of hydrogen-bond donors (Lipinski definition) is 1. The Morgan fingerprint density at radius 3 is 3.05 bits per heavy atom. The van der Waals surface area contributed by atoms with Gasteiger partial charge in [-0.25, -0.2) is 0 Å². The molecule has 0 radical (unpaired) electrons. The van der Waals surface area contributed by atoms with Gasteiger partial charge in [0.2, 0.25) is 0 Å². The van der Waals surface area contributed by atoms with E-state index in [4.69, 9.17) is 21.1 Å². The van der Waals surface area contributed by atoms with E-state index < -0.39 is 0 Å². The van der Waals surface area contributed by atoms with Gasteiger partial charge in [0.25, 0.3) is 0 Å². The van der Waals surface area contributed by atoms with E-state index in [-0.39, 0.29) is 0 Å². The van der Waals surface area contributed by atoms with E-state index in [1.807, 2.05) is 6.07 Å². The van der Waals surface area contributed by atoms with Crippen molar-refractivity contribution in [1.82, 2.24) is 5.32 Å². The SMILES string of the molecule is CCCNC1CCCc2c(Cl)cc3c(c21)OCCO3. The minimum absolute atomic E-state index is 0.345. The molecule has 0 amide bonds. The Kier molecular flexibility index (Phi) is 3.85. The van der Waals surface area contributed by atoms with Gasteiger partial charge in [-0.1, -0.05) is 18.5 Å². The van der Waals surface area contributed by atoms with E-state index in [1.165, 1.54) is 17.5 Å². The van der Waals surface area contributed by atoms with Crippen LogP contribution in [-0.4, -0.2) is 19.8 Å². The number of hydrogen-bond acceptors (Lipinski definition) is 3. The minimum Gasteiger partial charge on any atom is -0.486 e. The van der Waals surface area contributed by atoms with Crippen LogP contribution < -0.4 is 14.8 Å². The monoisotopic (exact) mass is 281 g/mol. The highest BCUT2D eigenvalue weighted by Gasteiger charge is 2.29. The molecule has 0 bridgehead atoms. The summed E-state index contributed by atoms with van der Waals surface area (Å²) in [6.45, 7) is 4.44. The first kappa shape index (κ1) is 13.1. The predicted molar refractivity (Wildman–Crippen MR) is 76.4 cm³/mol. The first-order chi connectivity index (χ1) is 9.31.